The molecule has 2 aliphatic carbocycles. The first-order chi connectivity index (χ1) is 52.0. The van der Waals surface area contributed by atoms with Crippen molar-refractivity contribution in [1.29, 1.82) is 0 Å². The number of nitrogens with zero attached hydrogens (tertiary/aromatic N) is 3. The van der Waals surface area contributed by atoms with Crippen LogP contribution in [0.25, 0.3) is 66.8 Å². The lowest BCUT2D eigenvalue weighted by atomic mass is 9.30. The third-order valence-corrected chi connectivity index (χ3v) is 24.8. The van der Waals surface area contributed by atoms with E-state index in [4.69, 9.17) is 4.74 Å². The van der Waals surface area contributed by atoms with Crippen LogP contribution in [0.3, 0.4) is 0 Å². The summed E-state index contributed by atoms with van der Waals surface area (Å²) in [6.07, 6.45) is 0. The zero-order valence-electron chi connectivity index (χ0n) is 64.1. The Morgan fingerprint density at radius 1 is 0.269 bits per heavy atom. The molecule has 0 saturated heterocycles. The van der Waals surface area contributed by atoms with Crippen LogP contribution < -0.4 is 52.2 Å². The number of benzene rings is 14. The molecule has 0 amide bonds. The van der Waals surface area contributed by atoms with E-state index in [9.17, 15) is 0 Å². The summed E-state index contributed by atoms with van der Waals surface area (Å²) in [5.74, 6) is 1.72. The first kappa shape index (κ1) is 65.9. The Morgan fingerprint density at radius 3 is 1.19 bits per heavy atom. The molecule has 0 bridgehead atoms. The predicted octanol–water partition coefficient (Wildman–Crippen LogP) is 23.3. The van der Waals surface area contributed by atoms with E-state index in [1.165, 1.54) is 122 Å². The fourth-order valence-electron chi connectivity index (χ4n) is 19.6. The average Bonchev–Trinajstić information content (AvgIpc) is 0.880. The first-order valence-electron chi connectivity index (χ1n) is 38.8. The van der Waals surface area contributed by atoms with Gasteiger partial charge in [0.15, 0.2) is 0 Å². The molecular formula is C102H87B2N3O. The Kier molecular flexibility index (Phi) is 14.3. The summed E-state index contributed by atoms with van der Waals surface area (Å²) in [5.41, 5.74) is 40.3. The maximum atomic E-state index is 8.19. The topological polar surface area (TPSA) is 19.0 Å². The molecule has 522 valence electrons. The summed E-state index contributed by atoms with van der Waals surface area (Å²) in [6, 6.07) is 112. The molecule has 4 heterocycles. The van der Waals surface area contributed by atoms with Crippen molar-refractivity contribution in [1.82, 2.24) is 0 Å². The van der Waals surface area contributed by atoms with Crippen LogP contribution in [0.2, 0.25) is 0 Å². The van der Waals surface area contributed by atoms with Gasteiger partial charge >= 0.3 is 0 Å². The molecule has 4 nitrogen and oxygen atoms in total. The molecule has 0 aromatic heterocycles. The molecular weight excluding hydrogens is 1300 g/mol. The second kappa shape index (κ2) is 23.5. The quantitative estimate of drug-likeness (QED) is 0.148. The van der Waals surface area contributed by atoms with Gasteiger partial charge in [0.25, 0.3) is 13.4 Å². The van der Waals surface area contributed by atoms with E-state index in [1.807, 2.05) is 0 Å². The Bertz CT molecular complexity index is 6030. The minimum absolute atomic E-state index is 0.168. The third kappa shape index (κ3) is 9.77. The van der Waals surface area contributed by atoms with Crippen LogP contribution in [0.1, 0.15) is 129 Å². The first-order valence-corrected chi connectivity index (χ1v) is 38.8. The van der Waals surface area contributed by atoms with E-state index in [-0.39, 0.29) is 40.5 Å². The van der Waals surface area contributed by atoms with E-state index < -0.39 is 0 Å². The third-order valence-electron chi connectivity index (χ3n) is 24.8. The summed E-state index contributed by atoms with van der Waals surface area (Å²) >= 11 is 0. The van der Waals surface area contributed by atoms with Gasteiger partial charge in [0, 0.05) is 73.5 Å². The molecule has 0 saturated carbocycles. The van der Waals surface area contributed by atoms with E-state index in [1.54, 1.807) is 0 Å². The molecule has 6 aliphatic rings. The Labute approximate surface area is 638 Å². The van der Waals surface area contributed by atoms with Crippen LogP contribution in [0, 0.1) is 0 Å². The number of anilines is 9. The van der Waals surface area contributed by atoms with Gasteiger partial charge in [0.05, 0.1) is 5.69 Å². The highest BCUT2D eigenvalue weighted by Crippen LogP contribution is 2.58. The zero-order chi connectivity index (χ0) is 73.8. The van der Waals surface area contributed by atoms with Gasteiger partial charge in [-0.1, -0.05) is 302 Å². The van der Waals surface area contributed by atoms with Crippen molar-refractivity contribution in [3.8, 4) is 78.3 Å². The van der Waals surface area contributed by atoms with Gasteiger partial charge in [-0.05, 0) is 216 Å². The van der Waals surface area contributed by atoms with Gasteiger partial charge in [-0.25, -0.2) is 0 Å². The maximum absolute atomic E-state index is 8.19. The summed E-state index contributed by atoms with van der Waals surface area (Å²) in [4.78, 5) is 7.89. The van der Waals surface area contributed by atoms with Crippen molar-refractivity contribution in [3.63, 3.8) is 0 Å². The highest BCUT2D eigenvalue weighted by atomic mass is 16.5. The van der Waals surface area contributed by atoms with Crippen LogP contribution in [0.5, 0.6) is 11.5 Å². The van der Waals surface area contributed by atoms with Crippen LogP contribution >= 0.6 is 0 Å². The van der Waals surface area contributed by atoms with Crippen LogP contribution in [-0.2, 0) is 27.1 Å². The van der Waals surface area contributed by atoms with Gasteiger partial charge in [-0.3, -0.25) is 0 Å². The molecule has 108 heavy (non-hydrogen) atoms. The predicted molar refractivity (Wildman–Crippen MR) is 459 cm³/mol. The summed E-state index contributed by atoms with van der Waals surface area (Å²) in [5, 5.41) is 0. The monoisotopic (exact) mass is 1390 g/mol. The van der Waals surface area contributed by atoms with Crippen LogP contribution in [0.15, 0.2) is 291 Å². The zero-order valence-corrected chi connectivity index (χ0v) is 64.1. The van der Waals surface area contributed by atoms with Crippen LogP contribution in [-0.4, -0.2) is 13.4 Å². The maximum Gasteiger partial charge on any atom is 0.256 e. The van der Waals surface area contributed by atoms with E-state index >= 15 is 0 Å². The molecule has 0 N–H and O–H groups in total. The molecule has 6 heteroatoms. The number of hydrogen-bond acceptors (Lipinski definition) is 4. The number of fused-ring (bicyclic) bond motifs is 14. The van der Waals surface area contributed by atoms with Gasteiger partial charge < -0.3 is 19.4 Å². The number of hydrogen-bond donors (Lipinski definition) is 0. The number of ether oxygens (including phenoxy) is 1. The van der Waals surface area contributed by atoms with Crippen molar-refractivity contribution in [2.45, 2.75) is 117 Å². The molecule has 0 atom stereocenters. The fourth-order valence-corrected chi connectivity index (χ4v) is 19.6. The van der Waals surface area contributed by atoms with Crippen LogP contribution in [0.4, 0.5) is 51.2 Å². The van der Waals surface area contributed by atoms with Crippen molar-refractivity contribution in [2.24, 2.45) is 0 Å². The lowest BCUT2D eigenvalue weighted by molar-refractivity contribution is 0.488. The molecule has 0 spiro atoms. The van der Waals surface area contributed by atoms with E-state index in [0.717, 1.165) is 78.9 Å². The molecule has 0 radical (unpaired) electrons. The molecule has 14 aromatic carbocycles. The molecule has 4 aliphatic heterocycles. The van der Waals surface area contributed by atoms with Gasteiger partial charge in [0.2, 0.25) is 0 Å². The van der Waals surface area contributed by atoms with Gasteiger partial charge in [0.1, 0.15) is 11.5 Å². The van der Waals surface area contributed by atoms with Gasteiger partial charge in [-0.2, -0.15) is 0 Å². The highest BCUT2D eigenvalue weighted by molar-refractivity contribution is 7.02. The fraction of sp³-hybridized carbons (Fsp3) is 0.176. The molecule has 14 aromatic rings. The average molecular weight is 1390 g/mol. The lowest BCUT2D eigenvalue weighted by Gasteiger charge is -2.46. The minimum atomic E-state index is -0.297. The van der Waals surface area contributed by atoms with Crippen molar-refractivity contribution < 1.29 is 4.74 Å². The molecule has 0 fully saturated rings. The van der Waals surface area contributed by atoms with E-state index in [2.05, 4.69) is 396 Å². The minimum Gasteiger partial charge on any atom is -0.458 e. The summed E-state index contributed by atoms with van der Waals surface area (Å²) in [6.45, 7) is 30.5. The molecule has 0 unspecified atom stereocenters. The van der Waals surface area contributed by atoms with Crippen molar-refractivity contribution in [2.75, 3.05) is 14.7 Å². The Hall–Kier alpha value is -11.6. The summed E-state index contributed by atoms with van der Waals surface area (Å²) < 4.78 is 8.19. The molecule has 20 rings (SSSR count). The second-order valence-corrected chi connectivity index (χ2v) is 35.2. The van der Waals surface area contributed by atoms with Crippen molar-refractivity contribution in [3.05, 3.63) is 330 Å². The Balaban J connectivity index is 0.901. The number of rotatable bonds is 7. The lowest BCUT2D eigenvalue weighted by Crippen LogP contribution is -2.64. The Morgan fingerprint density at radius 2 is 0.676 bits per heavy atom. The standard InChI is InChI=1S/C102H87B2N3O/c1-98(2,3)66-55-67(99(4,5)6)57-70(56-66)106-87-61-91-84(60-83(87)103-81-47-27-29-49-85(81)105(69-37-21-16-22-38-69)88-51-64(52-89(106)95(88)103)71-41-31-43-75-73-39-23-25-45-79(73)101(10,11)93(71)75)104-82-48-28-30-50-86(82)107(97-77(62-33-17-14-18-34-62)58-68(100(7,8)9)59-78(97)63-35-19-15-20-36-63)90-53-65(54-92(108-91)96(90)104)72-42-32-44-76-74-40-24-26-46-80(74)102(12,13)94(72)76/h14-61H,1-13H3. The largest absolute Gasteiger partial charge is 0.458 e. The number of para-hydroxylation sites is 3. The smallest absolute Gasteiger partial charge is 0.256 e. The van der Waals surface area contributed by atoms with Gasteiger partial charge in [-0.15, -0.1) is 0 Å². The second-order valence-electron chi connectivity index (χ2n) is 35.2. The van der Waals surface area contributed by atoms with E-state index in [0.29, 0.717) is 0 Å². The van der Waals surface area contributed by atoms with Crippen molar-refractivity contribution >= 4 is 97.4 Å². The normalized spacial score (nSPS) is 14.8. The highest BCUT2D eigenvalue weighted by Gasteiger charge is 2.50. The SMILES string of the molecule is CC(C)(C)c1cc(N2c3cc4c(cc3B3c5ccccc5N(c5ccccc5)c5cc(-c6cccc7c6C(C)(C)c6ccccc6-7)cc2c53)B2c3ccccc3N(c3c(-c5ccccc5)cc(C(C)(C)C)cc3-c3ccccc3)c3cc(-c5cccc6c5C(C)(C)c5ccccc5-6)cc(c32)O4)cc(C(C)(C)C)c1. The summed E-state index contributed by atoms with van der Waals surface area (Å²) in [7, 11) is 0.